The van der Waals surface area contributed by atoms with Crippen molar-refractivity contribution >= 4 is 29.3 Å². The molecule has 132 valence electrons. The summed E-state index contributed by atoms with van der Waals surface area (Å²) < 4.78 is 16.0. The Kier molecular flexibility index (Phi) is 5.25. The van der Waals surface area contributed by atoms with Crippen molar-refractivity contribution < 1.29 is 19.0 Å². The second kappa shape index (κ2) is 7.42. The van der Waals surface area contributed by atoms with Crippen LogP contribution < -0.4 is 14.8 Å². The van der Waals surface area contributed by atoms with Crippen molar-refractivity contribution in [2.75, 3.05) is 6.79 Å². The van der Waals surface area contributed by atoms with Gasteiger partial charge in [0, 0.05) is 15.6 Å². The van der Waals surface area contributed by atoms with Crippen LogP contribution in [0.3, 0.4) is 0 Å². The highest BCUT2D eigenvalue weighted by molar-refractivity contribution is 6.36. The third-order valence-corrected chi connectivity index (χ3v) is 4.28. The zero-order chi connectivity index (χ0) is 18.0. The van der Waals surface area contributed by atoms with Gasteiger partial charge >= 0.3 is 6.09 Å². The number of hydrogen-bond donors (Lipinski definition) is 1. The Bertz CT molecular complexity index is 774. The summed E-state index contributed by atoms with van der Waals surface area (Å²) in [5, 5.41) is 3.72. The van der Waals surface area contributed by atoms with Gasteiger partial charge in [0.25, 0.3) is 0 Å². The molecule has 1 atom stereocenters. The summed E-state index contributed by atoms with van der Waals surface area (Å²) in [6.07, 6.45) is -0.812. The molecular formula is C18H17Cl2NO4. The maximum absolute atomic E-state index is 12.2. The molecule has 1 aliphatic rings. The van der Waals surface area contributed by atoms with E-state index in [1.54, 1.807) is 44.2 Å². The van der Waals surface area contributed by atoms with E-state index >= 15 is 0 Å². The van der Waals surface area contributed by atoms with Gasteiger partial charge in [-0.2, -0.15) is 0 Å². The van der Waals surface area contributed by atoms with Crippen LogP contribution in [0.5, 0.6) is 11.5 Å². The molecule has 2 aromatic rings. The van der Waals surface area contributed by atoms with Crippen LogP contribution in [-0.4, -0.2) is 19.0 Å². The van der Waals surface area contributed by atoms with Crippen LogP contribution in [0.1, 0.15) is 31.0 Å². The summed E-state index contributed by atoms with van der Waals surface area (Å²) in [6, 6.07) is 10.00. The monoisotopic (exact) mass is 381 g/mol. The van der Waals surface area contributed by atoms with Crippen LogP contribution in [-0.2, 0) is 4.74 Å². The molecule has 1 amide bonds. The maximum atomic E-state index is 12.2. The smallest absolute Gasteiger partial charge is 0.408 e. The summed E-state index contributed by atoms with van der Waals surface area (Å²) in [7, 11) is 0. The average molecular weight is 382 g/mol. The van der Waals surface area contributed by atoms with Gasteiger partial charge in [-0.15, -0.1) is 0 Å². The summed E-state index contributed by atoms with van der Waals surface area (Å²) in [4.78, 5) is 12.2. The molecule has 0 aliphatic carbocycles. The maximum Gasteiger partial charge on any atom is 0.408 e. The van der Waals surface area contributed by atoms with Gasteiger partial charge in [-0.1, -0.05) is 35.3 Å². The lowest BCUT2D eigenvalue weighted by molar-refractivity contribution is 0.113. The summed E-state index contributed by atoms with van der Waals surface area (Å²) in [6.45, 7) is 3.72. The van der Waals surface area contributed by atoms with Crippen molar-refractivity contribution in [1.29, 1.82) is 0 Å². The van der Waals surface area contributed by atoms with E-state index in [1.807, 2.05) is 6.07 Å². The first kappa shape index (κ1) is 17.7. The second-order valence-corrected chi connectivity index (χ2v) is 6.59. The lowest BCUT2D eigenvalue weighted by Crippen LogP contribution is -2.32. The minimum absolute atomic E-state index is 0.166. The molecule has 1 unspecified atom stereocenters. The number of benzene rings is 2. The fraction of sp³-hybridized carbons (Fsp3) is 0.278. The molecule has 2 aromatic carbocycles. The molecule has 0 saturated carbocycles. The van der Waals surface area contributed by atoms with Crippen LogP contribution in [0.15, 0.2) is 36.4 Å². The number of fused-ring (bicyclic) bond motifs is 1. The van der Waals surface area contributed by atoms with E-state index in [0.717, 1.165) is 5.56 Å². The summed E-state index contributed by atoms with van der Waals surface area (Å²) >= 11 is 12.7. The van der Waals surface area contributed by atoms with E-state index in [1.165, 1.54) is 0 Å². The number of alkyl carbamates (subject to hydrolysis) is 1. The van der Waals surface area contributed by atoms with Crippen LogP contribution in [0.25, 0.3) is 0 Å². The number of nitrogens with one attached hydrogen (secondary N) is 1. The van der Waals surface area contributed by atoms with Crippen LogP contribution in [0.2, 0.25) is 10.0 Å². The van der Waals surface area contributed by atoms with E-state index in [9.17, 15) is 4.79 Å². The van der Waals surface area contributed by atoms with Gasteiger partial charge < -0.3 is 19.5 Å². The SMILES string of the molecule is CC(C)OC(=O)NC(c1ccc2c(c1)OCO2)c1c(Cl)cccc1Cl. The molecule has 1 heterocycles. The minimum atomic E-state index is -0.595. The van der Waals surface area contributed by atoms with Gasteiger partial charge in [-0.25, -0.2) is 4.79 Å². The largest absolute Gasteiger partial charge is 0.454 e. The molecule has 0 aromatic heterocycles. The predicted octanol–water partition coefficient (Wildman–Crippen LogP) is 4.95. The predicted molar refractivity (Wildman–Crippen MR) is 95.6 cm³/mol. The lowest BCUT2D eigenvalue weighted by atomic mass is 9.98. The number of carbonyl (C=O) groups excluding carboxylic acids is 1. The van der Waals surface area contributed by atoms with Crippen molar-refractivity contribution in [3.8, 4) is 11.5 Å². The van der Waals surface area contributed by atoms with Crippen LogP contribution in [0.4, 0.5) is 4.79 Å². The third-order valence-electron chi connectivity index (χ3n) is 3.62. The number of hydrogen-bond acceptors (Lipinski definition) is 4. The molecular weight excluding hydrogens is 365 g/mol. The quantitative estimate of drug-likeness (QED) is 0.813. The highest BCUT2D eigenvalue weighted by Gasteiger charge is 2.25. The molecule has 0 saturated heterocycles. The molecule has 0 bridgehead atoms. The van der Waals surface area contributed by atoms with E-state index in [-0.39, 0.29) is 12.9 Å². The van der Waals surface area contributed by atoms with Gasteiger partial charge in [-0.05, 0) is 43.7 Å². The Labute approximate surface area is 155 Å². The topological polar surface area (TPSA) is 56.8 Å². The normalized spacial score (nSPS) is 13.6. The first-order valence-electron chi connectivity index (χ1n) is 7.76. The van der Waals surface area contributed by atoms with Gasteiger partial charge in [-0.3, -0.25) is 0 Å². The van der Waals surface area contributed by atoms with Crippen LogP contribution in [0, 0.1) is 0 Å². The lowest BCUT2D eigenvalue weighted by Gasteiger charge is -2.22. The molecule has 0 spiro atoms. The molecule has 1 N–H and O–H groups in total. The average Bonchev–Trinajstić information content (AvgIpc) is 3.00. The number of halogens is 2. The van der Waals surface area contributed by atoms with E-state index in [2.05, 4.69) is 5.32 Å². The molecule has 0 fully saturated rings. The number of ether oxygens (including phenoxy) is 3. The number of amides is 1. The summed E-state index contributed by atoms with van der Waals surface area (Å²) in [5.41, 5.74) is 1.34. The first-order chi connectivity index (χ1) is 12.0. The van der Waals surface area contributed by atoms with Gasteiger partial charge in [0.2, 0.25) is 6.79 Å². The molecule has 5 nitrogen and oxygen atoms in total. The Balaban J connectivity index is 2.01. The zero-order valence-electron chi connectivity index (χ0n) is 13.7. The van der Waals surface area contributed by atoms with E-state index in [0.29, 0.717) is 27.1 Å². The zero-order valence-corrected chi connectivity index (χ0v) is 15.2. The van der Waals surface area contributed by atoms with E-state index in [4.69, 9.17) is 37.4 Å². The molecule has 0 radical (unpaired) electrons. The minimum Gasteiger partial charge on any atom is -0.454 e. The Morgan fingerprint density at radius 3 is 2.48 bits per heavy atom. The van der Waals surface area contributed by atoms with Gasteiger partial charge in [0.05, 0.1) is 12.1 Å². The van der Waals surface area contributed by atoms with Crippen LogP contribution >= 0.6 is 23.2 Å². The van der Waals surface area contributed by atoms with Crippen molar-refractivity contribution in [2.45, 2.75) is 26.0 Å². The molecule has 7 heteroatoms. The fourth-order valence-corrected chi connectivity index (χ4v) is 3.18. The molecule has 3 rings (SSSR count). The first-order valence-corrected chi connectivity index (χ1v) is 8.52. The number of carbonyl (C=O) groups is 1. The Morgan fingerprint density at radius 2 is 1.80 bits per heavy atom. The standard InChI is InChI=1S/C18H17Cl2NO4/c1-10(2)25-18(22)21-17(16-12(19)4-3-5-13(16)20)11-6-7-14-15(8-11)24-9-23-14/h3-8,10,17H,9H2,1-2H3,(H,21,22). The fourth-order valence-electron chi connectivity index (χ4n) is 2.57. The van der Waals surface area contributed by atoms with E-state index < -0.39 is 12.1 Å². The summed E-state index contributed by atoms with van der Waals surface area (Å²) in [5.74, 6) is 1.25. The Hall–Kier alpha value is -2.11. The second-order valence-electron chi connectivity index (χ2n) is 5.78. The highest BCUT2D eigenvalue weighted by Crippen LogP contribution is 2.39. The number of rotatable bonds is 4. The highest BCUT2D eigenvalue weighted by atomic mass is 35.5. The molecule has 25 heavy (non-hydrogen) atoms. The van der Waals surface area contributed by atoms with Gasteiger partial charge in [0.1, 0.15) is 0 Å². The van der Waals surface area contributed by atoms with Crippen molar-refractivity contribution in [1.82, 2.24) is 5.32 Å². The van der Waals surface area contributed by atoms with Crippen molar-refractivity contribution in [3.63, 3.8) is 0 Å². The third kappa shape index (κ3) is 3.94. The van der Waals surface area contributed by atoms with Gasteiger partial charge in [0.15, 0.2) is 11.5 Å². The Morgan fingerprint density at radius 1 is 1.12 bits per heavy atom. The van der Waals surface area contributed by atoms with Crippen molar-refractivity contribution in [2.24, 2.45) is 0 Å². The molecule has 1 aliphatic heterocycles. The van der Waals surface area contributed by atoms with Crippen molar-refractivity contribution in [3.05, 3.63) is 57.6 Å².